The van der Waals surface area contributed by atoms with Gasteiger partial charge in [0.1, 0.15) is 0 Å². The van der Waals surface area contributed by atoms with Gasteiger partial charge in [0.2, 0.25) is 10.0 Å². The number of hydrogen-bond acceptors (Lipinski definition) is 4. The van der Waals surface area contributed by atoms with E-state index in [0.29, 0.717) is 12.8 Å². The van der Waals surface area contributed by atoms with Crippen molar-refractivity contribution in [2.24, 2.45) is 0 Å². The van der Waals surface area contributed by atoms with E-state index < -0.39 is 15.6 Å². The van der Waals surface area contributed by atoms with Gasteiger partial charge in [0, 0.05) is 26.3 Å². The van der Waals surface area contributed by atoms with Gasteiger partial charge in [-0.15, -0.1) is 0 Å². The zero-order chi connectivity index (χ0) is 15.7. The van der Waals surface area contributed by atoms with Gasteiger partial charge in [-0.3, -0.25) is 0 Å². The maximum Gasteiger partial charge on any atom is 0.240 e. The SMILES string of the molecule is Cc1ccc(S(=O)(=O)NCC2(O)CCCC2)cc1N(C)C. The van der Waals surface area contributed by atoms with Crippen molar-refractivity contribution in [1.82, 2.24) is 4.72 Å². The van der Waals surface area contributed by atoms with Crippen LogP contribution in [0.5, 0.6) is 0 Å². The monoisotopic (exact) mass is 312 g/mol. The van der Waals surface area contributed by atoms with Crippen molar-refractivity contribution in [3.63, 3.8) is 0 Å². The first-order valence-corrected chi connectivity index (χ1v) is 8.72. The molecule has 0 radical (unpaired) electrons. The van der Waals surface area contributed by atoms with Crippen LogP contribution in [-0.2, 0) is 10.0 Å². The molecule has 1 aliphatic rings. The molecular formula is C15H24N2O3S. The lowest BCUT2D eigenvalue weighted by Gasteiger charge is -2.23. The average molecular weight is 312 g/mol. The molecule has 1 aromatic carbocycles. The minimum Gasteiger partial charge on any atom is -0.389 e. The van der Waals surface area contributed by atoms with Crippen LogP contribution < -0.4 is 9.62 Å². The van der Waals surface area contributed by atoms with Gasteiger partial charge < -0.3 is 10.0 Å². The summed E-state index contributed by atoms with van der Waals surface area (Å²) in [5, 5.41) is 10.3. The third-order valence-corrected chi connectivity index (χ3v) is 5.50. The number of nitrogens with one attached hydrogen (secondary N) is 1. The van der Waals surface area contributed by atoms with Crippen molar-refractivity contribution in [2.75, 3.05) is 25.5 Å². The second-order valence-electron chi connectivity index (χ2n) is 6.10. The van der Waals surface area contributed by atoms with E-state index in [1.807, 2.05) is 25.9 Å². The third-order valence-electron chi connectivity index (χ3n) is 4.10. The quantitative estimate of drug-likeness (QED) is 0.867. The van der Waals surface area contributed by atoms with Gasteiger partial charge in [-0.1, -0.05) is 18.9 Å². The van der Waals surface area contributed by atoms with Crippen LogP contribution in [0, 0.1) is 6.92 Å². The minimum absolute atomic E-state index is 0.0838. The fraction of sp³-hybridized carbons (Fsp3) is 0.600. The highest BCUT2D eigenvalue weighted by molar-refractivity contribution is 7.89. The summed E-state index contributed by atoms with van der Waals surface area (Å²) in [6, 6.07) is 5.06. The summed E-state index contributed by atoms with van der Waals surface area (Å²) in [5.74, 6) is 0. The van der Waals surface area contributed by atoms with Crippen LogP contribution in [0.25, 0.3) is 0 Å². The van der Waals surface area contributed by atoms with E-state index in [0.717, 1.165) is 24.1 Å². The summed E-state index contributed by atoms with van der Waals surface area (Å²) in [6.45, 7) is 2.03. The Kier molecular flexibility index (Phi) is 4.60. The van der Waals surface area contributed by atoms with E-state index in [-0.39, 0.29) is 11.4 Å². The molecule has 118 valence electrons. The van der Waals surface area contributed by atoms with Crippen molar-refractivity contribution in [3.05, 3.63) is 23.8 Å². The number of anilines is 1. The minimum atomic E-state index is -3.60. The fourth-order valence-electron chi connectivity index (χ4n) is 2.76. The van der Waals surface area contributed by atoms with E-state index >= 15 is 0 Å². The molecule has 1 aliphatic carbocycles. The van der Waals surface area contributed by atoms with Crippen LogP contribution in [-0.4, -0.2) is 39.8 Å². The lowest BCUT2D eigenvalue weighted by Crippen LogP contribution is -2.40. The van der Waals surface area contributed by atoms with Gasteiger partial charge in [0.15, 0.2) is 0 Å². The van der Waals surface area contributed by atoms with Gasteiger partial charge in [-0.05, 0) is 37.5 Å². The maximum atomic E-state index is 12.4. The Morgan fingerprint density at radius 1 is 1.29 bits per heavy atom. The average Bonchev–Trinajstić information content (AvgIpc) is 2.84. The second kappa shape index (κ2) is 5.94. The molecule has 2 rings (SSSR count). The van der Waals surface area contributed by atoms with Gasteiger partial charge in [0.05, 0.1) is 10.5 Å². The molecule has 6 heteroatoms. The molecule has 0 bridgehead atoms. The number of benzene rings is 1. The molecule has 2 N–H and O–H groups in total. The number of aryl methyl sites for hydroxylation is 1. The maximum absolute atomic E-state index is 12.4. The molecule has 21 heavy (non-hydrogen) atoms. The van der Waals surface area contributed by atoms with E-state index in [1.54, 1.807) is 18.2 Å². The Balaban J connectivity index is 2.17. The molecular weight excluding hydrogens is 288 g/mol. The molecule has 5 nitrogen and oxygen atoms in total. The first kappa shape index (κ1) is 16.3. The number of aliphatic hydroxyl groups is 1. The van der Waals surface area contributed by atoms with Gasteiger partial charge in [-0.2, -0.15) is 0 Å². The van der Waals surface area contributed by atoms with Crippen LogP contribution in [0.1, 0.15) is 31.2 Å². The first-order chi connectivity index (χ1) is 9.73. The highest BCUT2D eigenvalue weighted by Gasteiger charge is 2.32. The van der Waals surface area contributed by atoms with E-state index in [9.17, 15) is 13.5 Å². The number of sulfonamides is 1. The summed E-state index contributed by atoms with van der Waals surface area (Å²) in [7, 11) is 0.169. The molecule has 1 aromatic rings. The Bertz CT molecular complexity index is 605. The normalized spacial score (nSPS) is 17.9. The third kappa shape index (κ3) is 3.75. The molecule has 0 amide bonds. The smallest absolute Gasteiger partial charge is 0.240 e. The highest BCUT2D eigenvalue weighted by atomic mass is 32.2. The van der Waals surface area contributed by atoms with Crippen molar-refractivity contribution in [1.29, 1.82) is 0 Å². The predicted molar refractivity (Wildman–Crippen MR) is 84.1 cm³/mol. The number of nitrogens with zero attached hydrogens (tertiary/aromatic N) is 1. The molecule has 1 saturated carbocycles. The molecule has 0 unspecified atom stereocenters. The predicted octanol–water partition coefficient (Wildman–Crippen LogP) is 1.64. The van der Waals surface area contributed by atoms with Crippen molar-refractivity contribution >= 4 is 15.7 Å². The largest absolute Gasteiger partial charge is 0.389 e. The number of rotatable bonds is 5. The van der Waals surface area contributed by atoms with Crippen molar-refractivity contribution in [2.45, 2.75) is 43.1 Å². The van der Waals surface area contributed by atoms with Crippen LogP contribution in [0.15, 0.2) is 23.1 Å². The van der Waals surface area contributed by atoms with E-state index in [2.05, 4.69) is 4.72 Å². The Labute approximate surface area is 127 Å². The molecule has 0 aliphatic heterocycles. The fourth-order valence-corrected chi connectivity index (χ4v) is 3.90. The van der Waals surface area contributed by atoms with Crippen molar-refractivity contribution < 1.29 is 13.5 Å². The summed E-state index contributed by atoms with van der Waals surface area (Å²) in [4.78, 5) is 2.12. The Morgan fingerprint density at radius 2 is 1.90 bits per heavy atom. The standard InChI is InChI=1S/C15H24N2O3S/c1-12-6-7-13(10-14(12)17(2)3)21(19,20)16-11-15(18)8-4-5-9-15/h6-7,10,16,18H,4-5,8-9,11H2,1-3H3. The first-order valence-electron chi connectivity index (χ1n) is 7.24. The zero-order valence-electron chi connectivity index (χ0n) is 12.9. The summed E-state index contributed by atoms with van der Waals surface area (Å²) >= 11 is 0. The van der Waals surface area contributed by atoms with Crippen LogP contribution >= 0.6 is 0 Å². The number of hydrogen-bond donors (Lipinski definition) is 2. The van der Waals surface area contributed by atoms with Gasteiger partial charge in [0.25, 0.3) is 0 Å². The van der Waals surface area contributed by atoms with Gasteiger partial charge >= 0.3 is 0 Å². The Hall–Kier alpha value is -1.11. The summed E-state index contributed by atoms with van der Waals surface area (Å²) < 4.78 is 27.3. The zero-order valence-corrected chi connectivity index (χ0v) is 13.7. The molecule has 1 fully saturated rings. The van der Waals surface area contributed by atoms with Gasteiger partial charge in [-0.25, -0.2) is 13.1 Å². The second-order valence-corrected chi connectivity index (χ2v) is 7.87. The van der Waals surface area contributed by atoms with E-state index in [4.69, 9.17) is 0 Å². The molecule has 0 aromatic heterocycles. The van der Waals surface area contributed by atoms with Crippen LogP contribution in [0.4, 0.5) is 5.69 Å². The topological polar surface area (TPSA) is 69.6 Å². The van der Waals surface area contributed by atoms with Crippen molar-refractivity contribution in [3.8, 4) is 0 Å². The summed E-state index contributed by atoms with van der Waals surface area (Å²) in [6.07, 6.45) is 3.22. The van der Waals surface area contributed by atoms with E-state index in [1.165, 1.54) is 0 Å². The lowest BCUT2D eigenvalue weighted by molar-refractivity contribution is 0.0532. The van der Waals surface area contributed by atoms with Crippen LogP contribution in [0.3, 0.4) is 0 Å². The molecule has 0 spiro atoms. The highest BCUT2D eigenvalue weighted by Crippen LogP contribution is 2.29. The molecule has 0 heterocycles. The lowest BCUT2D eigenvalue weighted by atomic mass is 10.0. The molecule has 0 saturated heterocycles. The summed E-state index contributed by atoms with van der Waals surface area (Å²) in [5.41, 5.74) is 1.01. The Morgan fingerprint density at radius 3 is 2.48 bits per heavy atom. The molecule has 0 atom stereocenters. The van der Waals surface area contributed by atoms with Crippen LogP contribution in [0.2, 0.25) is 0 Å².